The van der Waals surface area contributed by atoms with Crippen LogP contribution in [-0.4, -0.2) is 69.8 Å². The fourth-order valence-electron chi connectivity index (χ4n) is 4.56. The van der Waals surface area contributed by atoms with Crippen molar-refractivity contribution in [3.8, 4) is 17.2 Å². The number of ether oxygens (including phenoxy) is 3. The lowest BCUT2D eigenvalue weighted by Gasteiger charge is -2.34. The third-order valence-corrected chi connectivity index (χ3v) is 6.60. The number of amides is 1. The van der Waals surface area contributed by atoms with Crippen LogP contribution < -0.4 is 19.5 Å². The van der Waals surface area contributed by atoms with E-state index in [0.29, 0.717) is 6.54 Å². The van der Waals surface area contributed by atoms with Gasteiger partial charge < -0.3 is 19.5 Å². The predicted octanol–water partition coefficient (Wildman–Crippen LogP) is 3.74. The number of rotatable bonds is 10. The summed E-state index contributed by atoms with van der Waals surface area (Å²) in [4.78, 5) is 17.7. The van der Waals surface area contributed by atoms with E-state index in [-0.39, 0.29) is 11.9 Å². The minimum Gasteiger partial charge on any atom is -0.497 e. The highest BCUT2D eigenvalue weighted by molar-refractivity contribution is 5.79. The van der Waals surface area contributed by atoms with Crippen LogP contribution in [0.1, 0.15) is 22.7 Å². The van der Waals surface area contributed by atoms with Crippen LogP contribution in [0.2, 0.25) is 0 Å². The van der Waals surface area contributed by atoms with Crippen LogP contribution in [0, 0.1) is 0 Å². The molecule has 1 aliphatic heterocycles. The zero-order valence-corrected chi connectivity index (χ0v) is 21.3. The molecule has 1 N–H and O–H groups in total. The molecule has 36 heavy (non-hydrogen) atoms. The maximum Gasteiger partial charge on any atom is 0.234 e. The number of carbonyl (C=O) groups excluding carboxylic acids is 1. The van der Waals surface area contributed by atoms with E-state index in [2.05, 4.69) is 15.1 Å². The second-order valence-corrected chi connectivity index (χ2v) is 8.91. The summed E-state index contributed by atoms with van der Waals surface area (Å²) in [5, 5.41) is 3.25. The molecule has 0 spiro atoms. The van der Waals surface area contributed by atoms with E-state index in [9.17, 15) is 4.79 Å². The summed E-state index contributed by atoms with van der Waals surface area (Å²) in [5.41, 5.74) is 3.17. The van der Waals surface area contributed by atoms with Crippen LogP contribution in [0.4, 0.5) is 0 Å². The molecule has 0 saturated carbocycles. The second-order valence-electron chi connectivity index (χ2n) is 8.91. The molecule has 1 heterocycles. The van der Waals surface area contributed by atoms with Gasteiger partial charge >= 0.3 is 0 Å². The molecule has 4 rings (SSSR count). The first-order valence-corrected chi connectivity index (χ1v) is 12.2. The number of benzene rings is 3. The van der Waals surface area contributed by atoms with Crippen molar-refractivity contribution >= 4 is 5.91 Å². The van der Waals surface area contributed by atoms with Crippen LogP contribution in [-0.2, 0) is 11.3 Å². The molecule has 7 heteroatoms. The topological polar surface area (TPSA) is 63.3 Å². The lowest BCUT2D eigenvalue weighted by molar-refractivity contribution is -0.123. The molecule has 1 saturated heterocycles. The number of hydrogen-bond donors (Lipinski definition) is 1. The Morgan fingerprint density at radius 3 is 2.03 bits per heavy atom. The SMILES string of the molecule is COc1ccc([C@@H](NC(=O)CN2CCN(Cc3cc(OC)ccc3OC)CC2)c2ccccc2)cc1. The molecular formula is C29H35N3O4. The molecule has 1 atom stereocenters. The summed E-state index contributed by atoms with van der Waals surface area (Å²) in [5.74, 6) is 2.50. The van der Waals surface area contributed by atoms with Crippen LogP contribution in [0.15, 0.2) is 72.8 Å². The molecule has 1 amide bonds. The molecule has 7 nitrogen and oxygen atoms in total. The third kappa shape index (κ3) is 6.56. The van der Waals surface area contributed by atoms with Crippen LogP contribution in [0.25, 0.3) is 0 Å². The monoisotopic (exact) mass is 489 g/mol. The van der Waals surface area contributed by atoms with E-state index in [0.717, 1.165) is 66.7 Å². The minimum absolute atomic E-state index is 0.0163. The van der Waals surface area contributed by atoms with Crippen molar-refractivity contribution < 1.29 is 19.0 Å². The lowest BCUT2D eigenvalue weighted by atomic mass is 9.98. The molecule has 0 bridgehead atoms. The Kier molecular flexibility index (Phi) is 8.81. The average molecular weight is 490 g/mol. The zero-order chi connectivity index (χ0) is 25.3. The van der Waals surface area contributed by atoms with Crippen molar-refractivity contribution in [3.63, 3.8) is 0 Å². The standard InChI is InChI=1S/C29H35N3O4/c1-34-25-11-9-23(10-12-25)29(22-7-5-4-6-8-22)30-28(33)21-32-17-15-31(16-18-32)20-24-19-26(35-2)13-14-27(24)36-3/h4-14,19,29H,15-18,20-21H2,1-3H3,(H,30,33)/t29-/m0/s1. The van der Waals surface area contributed by atoms with E-state index in [1.165, 1.54) is 0 Å². The number of hydrogen-bond acceptors (Lipinski definition) is 6. The highest BCUT2D eigenvalue weighted by Crippen LogP contribution is 2.26. The van der Waals surface area contributed by atoms with Crippen LogP contribution >= 0.6 is 0 Å². The Morgan fingerprint density at radius 1 is 0.778 bits per heavy atom. The van der Waals surface area contributed by atoms with Gasteiger partial charge in [-0.1, -0.05) is 42.5 Å². The molecule has 3 aromatic rings. The van der Waals surface area contributed by atoms with Gasteiger partial charge in [-0.3, -0.25) is 14.6 Å². The van der Waals surface area contributed by atoms with E-state index in [1.807, 2.05) is 72.8 Å². The Morgan fingerprint density at radius 2 is 1.39 bits per heavy atom. The molecule has 0 unspecified atom stereocenters. The van der Waals surface area contributed by atoms with Gasteiger partial charge in [-0.05, 0) is 41.5 Å². The number of piperazine rings is 1. The van der Waals surface area contributed by atoms with Crippen molar-refractivity contribution in [2.45, 2.75) is 12.6 Å². The first kappa shape index (κ1) is 25.5. The normalized spacial score (nSPS) is 15.2. The number of carbonyl (C=O) groups is 1. The average Bonchev–Trinajstić information content (AvgIpc) is 2.93. The fourth-order valence-corrected chi connectivity index (χ4v) is 4.56. The predicted molar refractivity (Wildman–Crippen MR) is 141 cm³/mol. The Bertz CT molecular complexity index is 1110. The number of methoxy groups -OCH3 is 3. The van der Waals surface area contributed by atoms with Crippen LogP contribution in [0.5, 0.6) is 17.2 Å². The van der Waals surface area contributed by atoms with Gasteiger partial charge in [-0.25, -0.2) is 0 Å². The van der Waals surface area contributed by atoms with Crippen molar-refractivity contribution in [3.05, 3.63) is 89.5 Å². The summed E-state index contributed by atoms with van der Waals surface area (Å²) in [6.07, 6.45) is 0. The molecular weight excluding hydrogens is 454 g/mol. The van der Waals surface area contributed by atoms with E-state index >= 15 is 0 Å². The fraction of sp³-hybridized carbons (Fsp3) is 0.345. The molecule has 0 radical (unpaired) electrons. The Labute approximate surface area is 213 Å². The molecule has 0 aliphatic carbocycles. The van der Waals surface area contributed by atoms with E-state index < -0.39 is 0 Å². The van der Waals surface area contributed by atoms with Gasteiger partial charge in [0.05, 0.1) is 33.9 Å². The summed E-state index contributed by atoms with van der Waals surface area (Å²) in [6.45, 7) is 4.59. The van der Waals surface area contributed by atoms with Crippen molar-refractivity contribution in [2.24, 2.45) is 0 Å². The second kappa shape index (κ2) is 12.4. The summed E-state index contributed by atoms with van der Waals surface area (Å²) >= 11 is 0. The van der Waals surface area contributed by atoms with Gasteiger partial charge in [-0.15, -0.1) is 0 Å². The van der Waals surface area contributed by atoms with Crippen LogP contribution in [0.3, 0.4) is 0 Å². The van der Waals surface area contributed by atoms with Gasteiger partial charge in [0.25, 0.3) is 0 Å². The quantitative estimate of drug-likeness (QED) is 0.468. The smallest absolute Gasteiger partial charge is 0.234 e. The maximum atomic E-state index is 13.1. The third-order valence-electron chi connectivity index (χ3n) is 6.60. The van der Waals surface area contributed by atoms with Gasteiger partial charge in [-0.2, -0.15) is 0 Å². The summed E-state index contributed by atoms with van der Waals surface area (Å²) in [6, 6.07) is 23.6. The van der Waals surface area contributed by atoms with E-state index in [1.54, 1.807) is 21.3 Å². The van der Waals surface area contributed by atoms with Gasteiger partial charge in [0, 0.05) is 38.3 Å². The van der Waals surface area contributed by atoms with E-state index in [4.69, 9.17) is 14.2 Å². The number of nitrogens with one attached hydrogen (secondary N) is 1. The molecule has 190 valence electrons. The first-order valence-electron chi connectivity index (χ1n) is 12.2. The van der Waals surface area contributed by atoms with Gasteiger partial charge in [0.15, 0.2) is 0 Å². The van der Waals surface area contributed by atoms with Gasteiger partial charge in [0.1, 0.15) is 17.2 Å². The molecule has 1 aliphatic rings. The van der Waals surface area contributed by atoms with Crippen molar-refractivity contribution in [1.29, 1.82) is 0 Å². The highest BCUT2D eigenvalue weighted by Gasteiger charge is 2.22. The first-order chi connectivity index (χ1) is 17.6. The summed E-state index contributed by atoms with van der Waals surface area (Å²) in [7, 11) is 5.02. The maximum absolute atomic E-state index is 13.1. The largest absolute Gasteiger partial charge is 0.497 e. The van der Waals surface area contributed by atoms with Crippen molar-refractivity contribution in [1.82, 2.24) is 15.1 Å². The lowest BCUT2D eigenvalue weighted by Crippen LogP contribution is -2.49. The summed E-state index contributed by atoms with van der Waals surface area (Å²) < 4.78 is 16.2. The molecule has 3 aromatic carbocycles. The number of nitrogens with zero attached hydrogens (tertiary/aromatic N) is 2. The van der Waals surface area contributed by atoms with Gasteiger partial charge in [0.2, 0.25) is 5.91 Å². The minimum atomic E-state index is -0.216. The van der Waals surface area contributed by atoms with Crippen molar-refractivity contribution in [2.75, 3.05) is 54.1 Å². The Hall–Kier alpha value is -3.55. The molecule has 1 fully saturated rings. The molecule has 0 aromatic heterocycles. The Balaban J connectivity index is 1.34. The zero-order valence-electron chi connectivity index (χ0n) is 21.3. The highest BCUT2D eigenvalue weighted by atomic mass is 16.5.